The number of nitrogens with one attached hydrogen (secondary N) is 1. The second-order valence-corrected chi connectivity index (χ2v) is 5.48. The van der Waals surface area contributed by atoms with Crippen LogP contribution in [0.3, 0.4) is 0 Å². The molecule has 1 aromatic carbocycles. The molecule has 0 radical (unpaired) electrons. The summed E-state index contributed by atoms with van der Waals surface area (Å²) in [7, 11) is 1.62. The molecule has 0 unspecified atom stereocenters. The maximum absolute atomic E-state index is 12.2. The molecule has 1 amide bonds. The van der Waals surface area contributed by atoms with Gasteiger partial charge < -0.3 is 14.9 Å². The van der Waals surface area contributed by atoms with Crippen LogP contribution in [-0.2, 0) is 9.63 Å². The molecule has 2 aliphatic rings. The SMILES string of the molecule is COc1ccccc1C1=NO[C@@](C)(C(=O)NC2CC2)C1. The van der Waals surface area contributed by atoms with Gasteiger partial charge in [-0.1, -0.05) is 17.3 Å². The third-order valence-electron chi connectivity index (χ3n) is 3.67. The molecule has 1 fully saturated rings. The standard InChI is InChI=1S/C15H18N2O3/c1-15(14(18)16-10-7-8-10)9-12(17-20-15)11-5-3-4-6-13(11)19-2/h3-6,10H,7-9H2,1-2H3,(H,16,18)/t15-/m1/s1. The number of nitrogens with zero attached hydrogens (tertiary/aromatic N) is 1. The molecule has 1 atom stereocenters. The van der Waals surface area contributed by atoms with E-state index in [1.807, 2.05) is 24.3 Å². The van der Waals surface area contributed by atoms with Gasteiger partial charge in [-0.15, -0.1) is 0 Å². The van der Waals surface area contributed by atoms with Gasteiger partial charge in [0.05, 0.1) is 12.8 Å². The maximum atomic E-state index is 12.2. The van der Waals surface area contributed by atoms with E-state index in [1.54, 1.807) is 14.0 Å². The van der Waals surface area contributed by atoms with E-state index in [4.69, 9.17) is 9.57 Å². The van der Waals surface area contributed by atoms with Crippen LogP contribution in [0.15, 0.2) is 29.4 Å². The van der Waals surface area contributed by atoms with Gasteiger partial charge in [0.2, 0.25) is 5.60 Å². The Morgan fingerprint density at radius 3 is 2.90 bits per heavy atom. The van der Waals surface area contributed by atoms with Gasteiger partial charge in [0.1, 0.15) is 5.75 Å². The van der Waals surface area contributed by atoms with Gasteiger partial charge in [-0.05, 0) is 31.9 Å². The lowest BCUT2D eigenvalue weighted by molar-refractivity contribution is -0.141. The zero-order chi connectivity index (χ0) is 14.2. The van der Waals surface area contributed by atoms with Crippen LogP contribution in [-0.4, -0.2) is 30.4 Å². The Balaban J connectivity index is 1.76. The number of hydrogen-bond acceptors (Lipinski definition) is 4. The largest absolute Gasteiger partial charge is 0.496 e. The van der Waals surface area contributed by atoms with Crippen molar-refractivity contribution in [3.05, 3.63) is 29.8 Å². The number of methoxy groups -OCH3 is 1. The molecule has 0 spiro atoms. The van der Waals surface area contributed by atoms with Crippen LogP contribution in [0.4, 0.5) is 0 Å². The summed E-state index contributed by atoms with van der Waals surface area (Å²) in [5, 5.41) is 7.06. The molecule has 0 aromatic heterocycles. The zero-order valence-corrected chi connectivity index (χ0v) is 11.7. The van der Waals surface area contributed by atoms with Crippen molar-refractivity contribution in [2.24, 2.45) is 5.16 Å². The summed E-state index contributed by atoms with van der Waals surface area (Å²) in [5.41, 5.74) is 0.701. The fraction of sp³-hybridized carbons (Fsp3) is 0.467. The predicted molar refractivity (Wildman–Crippen MR) is 74.8 cm³/mol. The van der Waals surface area contributed by atoms with E-state index in [-0.39, 0.29) is 5.91 Å². The number of carbonyl (C=O) groups excluding carboxylic acids is 1. The first-order valence-electron chi connectivity index (χ1n) is 6.82. The van der Waals surface area contributed by atoms with Crippen LogP contribution < -0.4 is 10.1 Å². The van der Waals surface area contributed by atoms with Gasteiger partial charge in [-0.2, -0.15) is 0 Å². The lowest BCUT2D eigenvalue weighted by Gasteiger charge is -2.20. The Morgan fingerprint density at radius 2 is 2.20 bits per heavy atom. The second-order valence-electron chi connectivity index (χ2n) is 5.48. The summed E-state index contributed by atoms with van der Waals surface area (Å²) in [4.78, 5) is 17.6. The molecule has 1 aliphatic carbocycles. The molecule has 1 N–H and O–H groups in total. The Hall–Kier alpha value is -2.04. The molecular weight excluding hydrogens is 256 g/mol. The molecule has 0 bridgehead atoms. The minimum atomic E-state index is -0.918. The molecule has 1 aromatic rings. The van der Waals surface area contributed by atoms with Crippen molar-refractivity contribution in [3.63, 3.8) is 0 Å². The minimum Gasteiger partial charge on any atom is -0.496 e. The summed E-state index contributed by atoms with van der Waals surface area (Å²) >= 11 is 0. The molecule has 106 valence electrons. The Labute approximate surface area is 117 Å². The van der Waals surface area contributed by atoms with Crippen LogP contribution in [0.5, 0.6) is 5.75 Å². The third-order valence-corrected chi connectivity index (χ3v) is 3.67. The van der Waals surface area contributed by atoms with Gasteiger partial charge in [0.15, 0.2) is 0 Å². The number of benzene rings is 1. The van der Waals surface area contributed by atoms with Gasteiger partial charge in [0, 0.05) is 18.0 Å². The normalized spacial score (nSPS) is 24.8. The molecule has 1 aliphatic heterocycles. The molecule has 1 saturated carbocycles. The topological polar surface area (TPSA) is 59.9 Å². The number of carbonyl (C=O) groups is 1. The smallest absolute Gasteiger partial charge is 0.267 e. The average molecular weight is 274 g/mol. The van der Waals surface area contributed by atoms with Gasteiger partial charge in [-0.25, -0.2) is 0 Å². The van der Waals surface area contributed by atoms with Crippen molar-refractivity contribution in [2.75, 3.05) is 7.11 Å². The van der Waals surface area contributed by atoms with Crippen molar-refractivity contribution in [1.82, 2.24) is 5.32 Å². The number of para-hydroxylation sites is 1. The van der Waals surface area contributed by atoms with E-state index in [1.165, 1.54) is 0 Å². The average Bonchev–Trinajstić information content (AvgIpc) is 3.18. The van der Waals surface area contributed by atoms with E-state index in [0.717, 1.165) is 29.9 Å². The fourth-order valence-electron chi connectivity index (χ4n) is 2.25. The first-order valence-corrected chi connectivity index (χ1v) is 6.82. The van der Waals surface area contributed by atoms with Crippen molar-refractivity contribution < 1.29 is 14.4 Å². The highest BCUT2D eigenvalue weighted by atomic mass is 16.7. The highest BCUT2D eigenvalue weighted by molar-refractivity contribution is 6.07. The van der Waals surface area contributed by atoms with E-state index in [9.17, 15) is 4.79 Å². The zero-order valence-electron chi connectivity index (χ0n) is 11.7. The first-order chi connectivity index (χ1) is 9.62. The second kappa shape index (κ2) is 4.81. The molecule has 5 heteroatoms. The molecule has 1 heterocycles. The van der Waals surface area contributed by atoms with Crippen LogP contribution >= 0.6 is 0 Å². The summed E-state index contributed by atoms with van der Waals surface area (Å²) in [6, 6.07) is 7.93. The van der Waals surface area contributed by atoms with Crippen molar-refractivity contribution in [1.29, 1.82) is 0 Å². The van der Waals surface area contributed by atoms with Crippen molar-refractivity contribution >= 4 is 11.6 Å². The minimum absolute atomic E-state index is 0.0892. The van der Waals surface area contributed by atoms with Crippen molar-refractivity contribution in [2.45, 2.75) is 37.8 Å². The van der Waals surface area contributed by atoms with E-state index in [2.05, 4.69) is 10.5 Å². The highest BCUT2D eigenvalue weighted by Crippen LogP contribution is 2.31. The Morgan fingerprint density at radius 1 is 1.45 bits per heavy atom. The van der Waals surface area contributed by atoms with E-state index in [0.29, 0.717) is 12.5 Å². The van der Waals surface area contributed by atoms with E-state index >= 15 is 0 Å². The van der Waals surface area contributed by atoms with Crippen LogP contribution in [0.2, 0.25) is 0 Å². The van der Waals surface area contributed by atoms with Gasteiger partial charge >= 0.3 is 0 Å². The lowest BCUT2D eigenvalue weighted by Crippen LogP contribution is -2.45. The highest BCUT2D eigenvalue weighted by Gasteiger charge is 2.44. The summed E-state index contributed by atoms with van der Waals surface area (Å²) in [6.07, 6.45) is 2.57. The fourth-order valence-corrected chi connectivity index (χ4v) is 2.25. The quantitative estimate of drug-likeness (QED) is 0.911. The van der Waals surface area contributed by atoms with Gasteiger partial charge in [0.25, 0.3) is 5.91 Å². The summed E-state index contributed by atoms with van der Waals surface area (Å²) in [6.45, 7) is 1.77. The number of hydrogen-bond donors (Lipinski definition) is 1. The number of oxime groups is 1. The molecule has 20 heavy (non-hydrogen) atoms. The number of ether oxygens (including phenoxy) is 1. The van der Waals surface area contributed by atoms with Gasteiger partial charge in [-0.3, -0.25) is 4.79 Å². The molecule has 3 rings (SSSR count). The molecule has 0 saturated heterocycles. The Bertz CT molecular complexity index is 566. The summed E-state index contributed by atoms with van der Waals surface area (Å²) < 4.78 is 5.32. The summed E-state index contributed by atoms with van der Waals surface area (Å²) in [5.74, 6) is 0.648. The van der Waals surface area contributed by atoms with Crippen LogP contribution in [0.1, 0.15) is 31.7 Å². The van der Waals surface area contributed by atoms with E-state index < -0.39 is 5.60 Å². The third kappa shape index (κ3) is 2.35. The number of amides is 1. The first kappa shape index (κ1) is 13.0. The number of rotatable bonds is 4. The predicted octanol–water partition coefficient (Wildman–Crippen LogP) is 1.86. The van der Waals surface area contributed by atoms with Crippen molar-refractivity contribution in [3.8, 4) is 5.75 Å². The van der Waals surface area contributed by atoms with Crippen LogP contribution in [0.25, 0.3) is 0 Å². The lowest BCUT2D eigenvalue weighted by atomic mass is 9.94. The molecular formula is C15H18N2O3. The Kier molecular flexibility index (Phi) is 3.12. The maximum Gasteiger partial charge on any atom is 0.267 e. The monoisotopic (exact) mass is 274 g/mol. The molecule has 5 nitrogen and oxygen atoms in total. The van der Waals surface area contributed by atoms with Crippen LogP contribution in [0, 0.1) is 0 Å².